The van der Waals surface area contributed by atoms with Crippen LogP contribution in [0.15, 0.2) is 0 Å². The van der Waals surface area contributed by atoms with Gasteiger partial charge in [-0.3, -0.25) is 14.9 Å². The van der Waals surface area contributed by atoms with Gasteiger partial charge < -0.3 is 0 Å². The third-order valence-corrected chi connectivity index (χ3v) is 3.14. The highest BCUT2D eigenvalue weighted by atomic mass is 16.2. The Bertz CT molecular complexity index is 260. The van der Waals surface area contributed by atoms with Crippen LogP contribution in [0, 0.1) is 17.3 Å². The Labute approximate surface area is 85.3 Å². The quantitative estimate of drug-likeness (QED) is 0.685. The fraction of sp³-hybridized carbons (Fsp3) is 0.818. The lowest BCUT2D eigenvalue weighted by Gasteiger charge is -2.39. The zero-order chi connectivity index (χ0) is 10.9. The van der Waals surface area contributed by atoms with Gasteiger partial charge in [0.1, 0.15) is 0 Å². The van der Waals surface area contributed by atoms with E-state index in [-0.39, 0.29) is 23.1 Å². The molecule has 0 bridgehead atoms. The van der Waals surface area contributed by atoms with Gasteiger partial charge in [-0.05, 0) is 17.8 Å². The molecule has 0 radical (unpaired) electrons. The number of hydrogen-bond acceptors (Lipinski definition) is 2. The molecule has 0 spiro atoms. The average Bonchev–Trinajstić information content (AvgIpc) is 1.98. The first kappa shape index (κ1) is 11.2. The Balaban J connectivity index is 2.83. The van der Waals surface area contributed by atoms with Crippen molar-refractivity contribution in [2.75, 3.05) is 0 Å². The number of imide groups is 1. The first-order chi connectivity index (χ1) is 6.35. The zero-order valence-electron chi connectivity index (χ0n) is 9.39. The predicted molar refractivity (Wildman–Crippen MR) is 54.5 cm³/mol. The van der Waals surface area contributed by atoms with Gasteiger partial charge in [0.25, 0.3) is 0 Å². The molecule has 14 heavy (non-hydrogen) atoms. The van der Waals surface area contributed by atoms with Crippen LogP contribution < -0.4 is 5.32 Å². The van der Waals surface area contributed by atoms with E-state index in [2.05, 4.69) is 19.2 Å². The molecule has 0 aromatic heterocycles. The summed E-state index contributed by atoms with van der Waals surface area (Å²) in [7, 11) is 0. The number of hydrogen-bond donors (Lipinski definition) is 1. The summed E-state index contributed by atoms with van der Waals surface area (Å²) in [6.07, 6.45) is 1.39. The molecule has 1 aliphatic rings. The summed E-state index contributed by atoms with van der Waals surface area (Å²) in [6, 6.07) is 0. The van der Waals surface area contributed by atoms with Crippen molar-refractivity contribution in [1.29, 1.82) is 0 Å². The van der Waals surface area contributed by atoms with Crippen molar-refractivity contribution in [3.05, 3.63) is 0 Å². The van der Waals surface area contributed by atoms with Gasteiger partial charge in [0.15, 0.2) is 0 Å². The molecule has 1 N–H and O–H groups in total. The lowest BCUT2D eigenvalue weighted by Crippen LogP contribution is -2.50. The second-order valence-electron chi connectivity index (χ2n) is 5.06. The second-order valence-corrected chi connectivity index (χ2v) is 5.06. The fourth-order valence-electron chi connectivity index (χ4n) is 2.31. The number of nitrogens with one attached hydrogen (secondary N) is 1. The van der Waals surface area contributed by atoms with Crippen molar-refractivity contribution in [3.8, 4) is 0 Å². The average molecular weight is 197 g/mol. The molecular weight excluding hydrogens is 178 g/mol. The summed E-state index contributed by atoms with van der Waals surface area (Å²) < 4.78 is 0. The summed E-state index contributed by atoms with van der Waals surface area (Å²) in [5, 5.41) is 2.38. The van der Waals surface area contributed by atoms with E-state index >= 15 is 0 Å². The highest BCUT2D eigenvalue weighted by Gasteiger charge is 2.42. The predicted octanol–water partition coefficient (Wildman–Crippen LogP) is 1.72. The van der Waals surface area contributed by atoms with Crippen LogP contribution in [0.3, 0.4) is 0 Å². The number of piperidine rings is 1. The van der Waals surface area contributed by atoms with E-state index in [4.69, 9.17) is 0 Å². The van der Waals surface area contributed by atoms with Crippen LogP contribution in [0.1, 0.15) is 40.5 Å². The highest BCUT2D eigenvalue weighted by molar-refractivity contribution is 5.99. The van der Waals surface area contributed by atoms with Gasteiger partial charge in [-0.25, -0.2) is 0 Å². The van der Waals surface area contributed by atoms with Gasteiger partial charge >= 0.3 is 0 Å². The molecule has 0 aliphatic carbocycles. The molecule has 80 valence electrons. The maximum atomic E-state index is 11.5. The molecule has 2 atom stereocenters. The normalized spacial score (nSPS) is 33.4. The summed E-state index contributed by atoms with van der Waals surface area (Å²) in [5.41, 5.74) is -0.159. The van der Waals surface area contributed by atoms with E-state index in [9.17, 15) is 9.59 Å². The maximum Gasteiger partial charge on any atom is 0.229 e. The number of amides is 2. The third-order valence-electron chi connectivity index (χ3n) is 3.14. The fourth-order valence-corrected chi connectivity index (χ4v) is 2.31. The minimum Gasteiger partial charge on any atom is -0.296 e. The summed E-state index contributed by atoms with van der Waals surface area (Å²) >= 11 is 0. The molecule has 3 nitrogen and oxygen atoms in total. The van der Waals surface area contributed by atoms with Gasteiger partial charge in [0.2, 0.25) is 11.8 Å². The summed E-state index contributed by atoms with van der Waals surface area (Å²) in [6.45, 7) is 8.18. The zero-order valence-corrected chi connectivity index (χ0v) is 9.39. The molecule has 3 heteroatoms. The van der Waals surface area contributed by atoms with Crippen LogP contribution in [-0.4, -0.2) is 11.8 Å². The van der Waals surface area contributed by atoms with E-state index in [0.29, 0.717) is 12.3 Å². The van der Waals surface area contributed by atoms with Crippen molar-refractivity contribution < 1.29 is 9.59 Å². The first-order valence-corrected chi connectivity index (χ1v) is 5.19. The van der Waals surface area contributed by atoms with E-state index in [0.717, 1.165) is 6.42 Å². The lowest BCUT2D eigenvalue weighted by atomic mass is 9.68. The SMILES string of the molecule is CC(C)CC1(C)CC(=O)NC(=O)C1C. The van der Waals surface area contributed by atoms with E-state index < -0.39 is 0 Å². The smallest absolute Gasteiger partial charge is 0.229 e. The standard InChI is InChI=1S/C11H19NO2/c1-7(2)5-11(4)6-9(13)12-10(14)8(11)3/h7-8H,5-6H2,1-4H3,(H,12,13,14). The Morgan fingerprint density at radius 3 is 2.57 bits per heavy atom. The van der Waals surface area contributed by atoms with Gasteiger partial charge in [0, 0.05) is 12.3 Å². The minimum absolute atomic E-state index is 0.0670. The molecular formula is C11H19NO2. The summed E-state index contributed by atoms with van der Waals surface area (Å²) in [5.74, 6) is 0.199. The van der Waals surface area contributed by atoms with Crippen LogP contribution in [-0.2, 0) is 9.59 Å². The molecule has 1 heterocycles. The number of carbonyl (C=O) groups excluding carboxylic acids is 2. The lowest BCUT2D eigenvalue weighted by molar-refractivity contribution is -0.142. The van der Waals surface area contributed by atoms with Crippen molar-refractivity contribution >= 4 is 11.8 Å². The maximum absolute atomic E-state index is 11.5. The van der Waals surface area contributed by atoms with Crippen molar-refractivity contribution in [3.63, 3.8) is 0 Å². The molecule has 0 aromatic carbocycles. The number of carbonyl (C=O) groups is 2. The molecule has 1 aliphatic heterocycles. The summed E-state index contributed by atoms with van der Waals surface area (Å²) in [4.78, 5) is 22.8. The van der Waals surface area contributed by atoms with E-state index in [1.54, 1.807) is 0 Å². The monoisotopic (exact) mass is 197 g/mol. The highest BCUT2D eigenvalue weighted by Crippen LogP contribution is 2.39. The Morgan fingerprint density at radius 1 is 1.50 bits per heavy atom. The largest absolute Gasteiger partial charge is 0.296 e. The van der Waals surface area contributed by atoms with Crippen molar-refractivity contribution in [1.82, 2.24) is 5.32 Å². The Kier molecular flexibility index (Phi) is 2.98. The van der Waals surface area contributed by atoms with Crippen molar-refractivity contribution in [2.24, 2.45) is 17.3 Å². The third kappa shape index (κ3) is 2.14. The topological polar surface area (TPSA) is 46.2 Å². The number of rotatable bonds is 2. The minimum atomic E-state index is -0.159. The van der Waals surface area contributed by atoms with Crippen LogP contribution in [0.4, 0.5) is 0 Å². The van der Waals surface area contributed by atoms with Crippen LogP contribution in [0.2, 0.25) is 0 Å². The molecule has 0 aromatic rings. The molecule has 2 unspecified atom stereocenters. The van der Waals surface area contributed by atoms with Crippen LogP contribution in [0.25, 0.3) is 0 Å². The molecule has 1 rings (SSSR count). The van der Waals surface area contributed by atoms with Gasteiger partial charge in [0.05, 0.1) is 0 Å². The van der Waals surface area contributed by atoms with Gasteiger partial charge in [-0.1, -0.05) is 27.7 Å². The molecule has 1 saturated heterocycles. The van der Waals surface area contributed by atoms with E-state index in [1.165, 1.54) is 0 Å². The van der Waals surface area contributed by atoms with Crippen molar-refractivity contribution in [2.45, 2.75) is 40.5 Å². The first-order valence-electron chi connectivity index (χ1n) is 5.19. The van der Waals surface area contributed by atoms with Gasteiger partial charge in [-0.15, -0.1) is 0 Å². The van der Waals surface area contributed by atoms with Crippen LogP contribution in [0.5, 0.6) is 0 Å². The van der Waals surface area contributed by atoms with E-state index in [1.807, 2.05) is 13.8 Å². The van der Waals surface area contributed by atoms with Crippen LogP contribution >= 0.6 is 0 Å². The Hall–Kier alpha value is -0.860. The second kappa shape index (κ2) is 3.71. The molecule has 1 fully saturated rings. The Morgan fingerprint density at radius 2 is 2.07 bits per heavy atom. The molecule has 2 amide bonds. The molecule has 0 saturated carbocycles. The van der Waals surface area contributed by atoms with Gasteiger partial charge in [-0.2, -0.15) is 0 Å².